The number of hydrogen-bond donors (Lipinski definition) is 2. The van der Waals surface area contributed by atoms with Crippen LogP contribution >= 0.6 is 0 Å². The number of benzene rings is 2. The van der Waals surface area contributed by atoms with Gasteiger partial charge in [0.05, 0.1) is 29.7 Å². The van der Waals surface area contributed by atoms with Gasteiger partial charge < -0.3 is 25.2 Å². The fourth-order valence-corrected chi connectivity index (χ4v) is 3.80. The standard InChI is InChI=1S/C27H30N8O2/c1-6-25(36)31-21-15-22(24(37-5)16-23(21)35(4)14-13-34(2)3)32-27-30-17-29-26(33-27)19-11-12-28-20-10-8-7-9-18(19)20/h6-12,15-17H,1,13-14H2,2-5H3,(H,31,36)(H,29,30,32,33). The largest absolute Gasteiger partial charge is 0.494 e. The molecule has 4 aromatic rings. The minimum atomic E-state index is -0.314. The van der Waals surface area contributed by atoms with E-state index in [2.05, 4.69) is 46.9 Å². The monoisotopic (exact) mass is 498 g/mol. The van der Waals surface area contributed by atoms with Gasteiger partial charge in [-0.2, -0.15) is 4.98 Å². The van der Waals surface area contributed by atoms with Crippen molar-refractivity contribution in [2.75, 3.05) is 56.9 Å². The molecular weight excluding hydrogens is 468 g/mol. The van der Waals surface area contributed by atoms with Crippen molar-refractivity contribution < 1.29 is 9.53 Å². The molecule has 2 heterocycles. The number of amides is 1. The van der Waals surface area contributed by atoms with E-state index in [1.165, 1.54) is 12.4 Å². The number of nitrogens with zero attached hydrogens (tertiary/aromatic N) is 6. The normalized spacial score (nSPS) is 10.8. The number of rotatable bonds is 10. The lowest BCUT2D eigenvalue weighted by atomic mass is 10.1. The minimum absolute atomic E-state index is 0.314. The Balaban J connectivity index is 1.71. The van der Waals surface area contributed by atoms with Crippen LogP contribution in [0.15, 0.2) is 67.6 Å². The van der Waals surface area contributed by atoms with Crippen molar-refractivity contribution in [3.63, 3.8) is 0 Å². The Morgan fingerprint density at radius 1 is 1.05 bits per heavy atom. The Morgan fingerprint density at radius 2 is 1.86 bits per heavy atom. The van der Waals surface area contributed by atoms with Crippen LogP contribution in [0.3, 0.4) is 0 Å². The van der Waals surface area contributed by atoms with Crippen LogP contribution in [0.4, 0.5) is 23.0 Å². The number of aromatic nitrogens is 4. The van der Waals surface area contributed by atoms with Gasteiger partial charge in [0.25, 0.3) is 0 Å². The molecule has 2 aromatic heterocycles. The highest BCUT2D eigenvalue weighted by Gasteiger charge is 2.17. The number of methoxy groups -OCH3 is 1. The lowest BCUT2D eigenvalue weighted by molar-refractivity contribution is -0.111. The zero-order valence-corrected chi connectivity index (χ0v) is 21.4. The molecule has 0 saturated carbocycles. The van der Waals surface area contributed by atoms with Crippen LogP contribution in [0.2, 0.25) is 0 Å². The van der Waals surface area contributed by atoms with Gasteiger partial charge in [0.2, 0.25) is 11.9 Å². The van der Waals surface area contributed by atoms with E-state index in [1.54, 1.807) is 19.4 Å². The van der Waals surface area contributed by atoms with Crippen LogP contribution in [0, 0.1) is 0 Å². The first-order chi connectivity index (χ1) is 17.9. The summed E-state index contributed by atoms with van der Waals surface area (Å²) in [6.45, 7) is 5.16. The van der Waals surface area contributed by atoms with E-state index in [0.29, 0.717) is 28.9 Å². The highest BCUT2D eigenvalue weighted by Crippen LogP contribution is 2.38. The molecule has 10 heteroatoms. The molecule has 0 aliphatic heterocycles. The third-order valence-electron chi connectivity index (χ3n) is 5.76. The molecule has 190 valence electrons. The molecule has 0 unspecified atom stereocenters. The van der Waals surface area contributed by atoms with E-state index in [1.807, 2.05) is 57.5 Å². The Kier molecular flexibility index (Phi) is 7.89. The highest BCUT2D eigenvalue weighted by molar-refractivity contribution is 6.02. The molecule has 0 spiro atoms. The van der Waals surface area contributed by atoms with Gasteiger partial charge in [-0.3, -0.25) is 9.78 Å². The number of likely N-dealkylation sites (N-methyl/N-ethyl adjacent to an activating group) is 2. The maximum atomic E-state index is 12.2. The molecule has 0 fully saturated rings. The summed E-state index contributed by atoms with van der Waals surface area (Å²) in [4.78, 5) is 34.1. The Hall–Kier alpha value is -4.57. The maximum absolute atomic E-state index is 12.2. The second-order valence-corrected chi connectivity index (χ2v) is 8.62. The molecule has 2 N–H and O–H groups in total. The van der Waals surface area contributed by atoms with Crippen molar-refractivity contribution in [3.8, 4) is 17.1 Å². The lowest BCUT2D eigenvalue weighted by Gasteiger charge is -2.26. The van der Waals surface area contributed by atoms with Crippen molar-refractivity contribution in [1.82, 2.24) is 24.8 Å². The van der Waals surface area contributed by atoms with Gasteiger partial charge in [-0.1, -0.05) is 24.8 Å². The number of carbonyl (C=O) groups is 1. The number of para-hydroxylation sites is 1. The van der Waals surface area contributed by atoms with E-state index in [-0.39, 0.29) is 5.91 Å². The maximum Gasteiger partial charge on any atom is 0.247 e. The average molecular weight is 499 g/mol. The predicted octanol–water partition coefficient (Wildman–Crippen LogP) is 3.96. The van der Waals surface area contributed by atoms with E-state index in [9.17, 15) is 4.79 Å². The fraction of sp³-hybridized carbons (Fsp3) is 0.222. The molecule has 0 aliphatic rings. The number of anilines is 4. The molecule has 0 bridgehead atoms. The molecule has 2 aromatic carbocycles. The number of pyridine rings is 1. The Morgan fingerprint density at radius 3 is 2.62 bits per heavy atom. The van der Waals surface area contributed by atoms with Gasteiger partial charge in [0.1, 0.15) is 12.1 Å². The predicted molar refractivity (Wildman–Crippen MR) is 147 cm³/mol. The quantitative estimate of drug-likeness (QED) is 0.314. The number of nitrogens with one attached hydrogen (secondary N) is 2. The molecule has 0 atom stereocenters. The van der Waals surface area contributed by atoms with Crippen molar-refractivity contribution in [2.45, 2.75) is 0 Å². The van der Waals surface area contributed by atoms with Crippen LogP contribution < -0.4 is 20.3 Å². The van der Waals surface area contributed by atoms with E-state index < -0.39 is 0 Å². The first-order valence-electron chi connectivity index (χ1n) is 11.7. The molecule has 37 heavy (non-hydrogen) atoms. The summed E-state index contributed by atoms with van der Waals surface area (Å²) < 4.78 is 5.68. The Labute approximate surface area is 216 Å². The molecule has 4 rings (SSSR count). The minimum Gasteiger partial charge on any atom is -0.494 e. The second-order valence-electron chi connectivity index (χ2n) is 8.62. The van der Waals surface area contributed by atoms with Crippen molar-refractivity contribution >= 4 is 39.8 Å². The zero-order chi connectivity index (χ0) is 26.4. The third kappa shape index (κ3) is 5.99. The number of hydrogen-bond acceptors (Lipinski definition) is 9. The molecule has 0 saturated heterocycles. The summed E-state index contributed by atoms with van der Waals surface area (Å²) in [5.41, 5.74) is 3.69. The van der Waals surface area contributed by atoms with Gasteiger partial charge in [-0.25, -0.2) is 9.97 Å². The highest BCUT2D eigenvalue weighted by atomic mass is 16.5. The van der Waals surface area contributed by atoms with Gasteiger partial charge in [0, 0.05) is 43.4 Å². The molecule has 0 radical (unpaired) electrons. The molecular formula is C27H30N8O2. The van der Waals surface area contributed by atoms with E-state index >= 15 is 0 Å². The smallest absolute Gasteiger partial charge is 0.247 e. The third-order valence-corrected chi connectivity index (χ3v) is 5.76. The van der Waals surface area contributed by atoms with Crippen molar-refractivity contribution in [2.24, 2.45) is 0 Å². The second kappa shape index (κ2) is 11.4. The summed E-state index contributed by atoms with van der Waals surface area (Å²) in [5, 5.41) is 7.06. The summed E-state index contributed by atoms with van der Waals surface area (Å²) in [5.74, 6) is 1.10. The molecule has 10 nitrogen and oxygen atoms in total. The van der Waals surface area contributed by atoms with Crippen LogP contribution in [0.1, 0.15) is 0 Å². The fourth-order valence-electron chi connectivity index (χ4n) is 3.80. The number of ether oxygens (including phenoxy) is 1. The number of carbonyl (C=O) groups excluding carboxylic acids is 1. The van der Waals surface area contributed by atoms with Crippen LogP contribution in [0.5, 0.6) is 5.75 Å². The molecule has 1 amide bonds. The van der Waals surface area contributed by atoms with Gasteiger partial charge >= 0.3 is 0 Å². The summed E-state index contributed by atoms with van der Waals surface area (Å²) in [6.07, 6.45) is 4.42. The molecule has 0 aliphatic carbocycles. The first kappa shape index (κ1) is 25.5. The summed E-state index contributed by atoms with van der Waals surface area (Å²) >= 11 is 0. The zero-order valence-electron chi connectivity index (χ0n) is 21.4. The summed E-state index contributed by atoms with van der Waals surface area (Å²) in [7, 11) is 7.58. The van der Waals surface area contributed by atoms with Gasteiger partial charge in [0.15, 0.2) is 5.82 Å². The lowest BCUT2D eigenvalue weighted by Crippen LogP contribution is -2.29. The van der Waals surface area contributed by atoms with Gasteiger partial charge in [-0.05, 0) is 38.4 Å². The van der Waals surface area contributed by atoms with E-state index in [0.717, 1.165) is 35.2 Å². The first-order valence-corrected chi connectivity index (χ1v) is 11.7. The SMILES string of the molecule is C=CC(=O)Nc1cc(Nc2ncnc(-c3ccnc4ccccc34)n2)c(OC)cc1N(C)CCN(C)C. The van der Waals surface area contributed by atoms with Crippen LogP contribution in [-0.2, 0) is 4.79 Å². The topological polar surface area (TPSA) is 108 Å². The van der Waals surface area contributed by atoms with Crippen molar-refractivity contribution in [1.29, 1.82) is 0 Å². The van der Waals surface area contributed by atoms with E-state index in [4.69, 9.17) is 4.74 Å². The average Bonchev–Trinajstić information content (AvgIpc) is 2.91. The summed E-state index contributed by atoms with van der Waals surface area (Å²) in [6, 6.07) is 13.4. The van der Waals surface area contributed by atoms with Crippen LogP contribution in [0.25, 0.3) is 22.3 Å². The van der Waals surface area contributed by atoms with Crippen molar-refractivity contribution in [3.05, 3.63) is 67.6 Å². The van der Waals surface area contributed by atoms with Gasteiger partial charge in [-0.15, -0.1) is 0 Å². The number of fused-ring (bicyclic) bond motifs is 1. The van der Waals surface area contributed by atoms with Crippen LogP contribution in [-0.4, -0.2) is 72.1 Å². The Bertz CT molecular complexity index is 1420.